The first-order valence-corrected chi connectivity index (χ1v) is 42.4. The van der Waals surface area contributed by atoms with Crippen LogP contribution in [-0.2, 0) is 28.8 Å². The summed E-state index contributed by atoms with van der Waals surface area (Å²) in [5.74, 6) is -4.97. The fourth-order valence-electron chi connectivity index (χ4n) is 15.9. The summed E-state index contributed by atoms with van der Waals surface area (Å²) in [6, 6.07) is 23.3. The SMILES string of the molecule is COc1ncc(NC(=O)C(=O)N2C[C@@H](C)CCC2c2ccc3sc(C4CCN(C)CC4)nc3c2)cc1C(N)=O.COc1ncc(NC(=O)C(=O)N2C[C@@H](C)CC[C@@H]2c2ccc3sc(C4CCN(C)CC4)nc3c2)cc1C(N)=O.COc1ncc(NC(=O)C(=O)O)cc1C(N)=O.C[C@H]1CCC(c2ccc3sc(C4CCN(C)CC4)nc3c2)NC1.Cl. The molecule has 0 saturated carbocycles. The van der Waals surface area contributed by atoms with Crippen molar-refractivity contribution in [2.24, 2.45) is 35.0 Å². The number of carboxylic acid groups (broad SMARTS) is 1. The second-order valence-corrected chi connectivity index (χ2v) is 34.8. The van der Waals surface area contributed by atoms with E-state index in [9.17, 15) is 43.2 Å². The van der Waals surface area contributed by atoms with Crippen LogP contribution < -0.4 is 52.7 Å². The molecule has 6 aliphatic heterocycles. The number of hydrogen-bond donors (Lipinski definition) is 8. The van der Waals surface area contributed by atoms with Crippen molar-refractivity contribution in [3.8, 4) is 17.6 Å². The Morgan fingerprint density at radius 1 is 0.437 bits per heavy atom. The van der Waals surface area contributed by atoms with E-state index in [1.165, 1.54) is 121 Å². The lowest BCUT2D eigenvalue weighted by atomic mass is 9.89. The number of rotatable bonds is 15. The molecule has 31 nitrogen and oxygen atoms in total. The van der Waals surface area contributed by atoms with Crippen molar-refractivity contribution in [2.75, 3.05) is 117 Å². The topological polar surface area (TPSA) is 421 Å². The summed E-state index contributed by atoms with van der Waals surface area (Å²) in [7, 11) is 10.6. The lowest BCUT2D eigenvalue weighted by Gasteiger charge is -2.38. The number of hydrogen-bond acceptors (Lipinski definition) is 25. The van der Waals surface area contributed by atoms with Gasteiger partial charge in [0, 0.05) is 36.9 Å². The zero-order chi connectivity index (χ0) is 84.2. The molecule has 0 bridgehead atoms. The largest absolute Gasteiger partial charge is 0.480 e. The average Bonchev–Trinajstić information content (AvgIpc) is 1.62. The molecule has 15 rings (SSSR count). The number of nitrogens with one attached hydrogen (secondary N) is 4. The van der Waals surface area contributed by atoms with Gasteiger partial charge in [0.05, 0.1) is 115 Å². The number of aliphatic carboxylic acids is 1. The number of fused-ring (bicyclic) bond motifs is 3. The number of ether oxygens (including phenoxy) is 3. The van der Waals surface area contributed by atoms with Crippen LogP contribution in [0.5, 0.6) is 17.6 Å². The molecule has 12 heterocycles. The Morgan fingerprint density at radius 2 is 0.756 bits per heavy atom. The highest BCUT2D eigenvalue weighted by Gasteiger charge is 2.38. The summed E-state index contributed by atoms with van der Waals surface area (Å²) in [5, 5.41) is 23.0. The van der Waals surface area contributed by atoms with E-state index in [0.717, 1.165) is 128 Å². The summed E-state index contributed by atoms with van der Waals surface area (Å²) in [6.07, 6.45) is 16.8. The lowest BCUT2D eigenvalue weighted by molar-refractivity contribution is -0.147. The van der Waals surface area contributed by atoms with Crippen LogP contribution in [0.2, 0.25) is 0 Å². The molecule has 6 aliphatic rings. The van der Waals surface area contributed by atoms with Crippen LogP contribution >= 0.6 is 46.4 Å². The van der Waals surface area contributed by atoms with Gasteiger partial charge in [-0.05, 0) is 233 Å². The first-order valence-electron chi connectivity index (χ1n) is 39.9. The number of piperidine rings is 6. The molecule has 119 heavy (non-hydrogen) atoms. The maximum Gasteiger partial charge on any atom is 0.394 e. The Morgan fingerprint density at radius 3 is 1.07 bits per heavy atom. The molecule has 3 aromatic carbocycles. The van der Waals surface area contributed by atoms with Crippen LogP contribution in [0.25, 0.3) is 30.6 Å². The maximum atomic E-state index is 13.4. The van der Waals surface area contributed by atoms with Gasteiger partial charge in [0.1, 0.15) is 16.7 Å². The minimum absolute atomic E-state index is 0. The first kappa shape index (κ1) is 89.3. The third kappa shape index (κ3) is 22.3. The van der Waals surface area contributed by atoms with Crippen LogP contribution in [-0.4, -0.2) is 214 Å². The number of methoxy groups -OCH3 is 3. The molecular formula is C84H105ClN18O13S3. The molecule has 0 aliphatic carbocycles. The van der Waals surface area contributed by atoms with E-state index in [1.54, 1.807) is 32.5 Å². The van der Waals surface area contributed by atoms with Crippen LogP contribution in [0.4, 0.5) is 17.1 Å². The fourth-order valence-corrected chi connectivity index (χ4v) is 19.3. The van der Waals surface area contributed by atoms with E-state index in [-0.39, 0.29) is 87.7 Å². The molecule has 634 valence electrons. The summed E-state index contributed by atoms with van der Waals surface area (Å²) in [4.78, 5) is 146. The molecule has 0 spiro atoms. The van der Waals surface area contributed by atoms with Crippen molar-refractivity contribution in [2.45, 2.75) is 134 Å². The van der Waals surface area contributed by atoms with E-state index in [0.29, 0.717) is 36.9 Å². The van der Waals surface area contributed by atoms with E-state index in [4.69, 9.17) is 51.5 Å². The zero-order valence-electron chi connectivity index (χ0n) is 68.3. The van der Waals surface area contributed by atoms with Crippen molar-refractivity contribution in [1.29, 1.82) is 0 Å². The standard InChI is InChI=1S/2C28H34N6O4S.C19H27N3S.C9H9N3O5.ClH/c2*1-16-4-6-22(18-5-7-23-21(12-18)32-27(39-23)17-8-10-33(2)11-9-17)34(15-16)28(37)25(36)31-19-13-20(24(29)35)26(38-3)30-14-19;1-13-3-5-16(20-12-13)15-4-6-18-17(11-15)21-19(23-18)14-7-9-22(2)10-8-14;1-17-8-5(6(10)13)2-4(3-11-8)12-7(14)9(15)16;/h2*5,7,12-14,16-17,22H,4,6,8-11,15H2,1-3H3,(H2,29,35)(H,31,36);4,6,11,13-14,16,20H,3,5,7-10,12H2,1-2H3;2-3H,1H3,(H2,10,13)(H,12,14)(H,15,16);1H/t16-,22?;16-,22+;13-,16?;;/m000../s1. The number of likely N-dealkylation sites (tertiary alicyclic amines) is 5. The lowest BCUT2D eigenvalue weighted by Crippen LogP contribution is -2.46. The molecule has 8 amide bonds. The predicted octanol–water partition coefficient (Wildman–Crippen LogP) is 10.9. The van der Waals surface area contributed by atoms with Gasteiger partial charge in [0.15, 0.2) is 0 Å². The number of primary amides is 3. The van der Waals surface area contributed by atoms with Crippen LogP contribution in [0, 0.1) is 17.8 Å². The second kappa shape index (κ2) is 40.5. The molecule has 6 aromatic heterocycles. The van der Waals surface area contributed by atoms with Crippen molar-refractivity contribution < 1.29 is 62.5 Å². The Labute approximate surface area is 708 Å². The third-order valence-electron chi connectivity index (χ3n) is 22.8. The Bertz CT molecular complexity index is 4940. The van der Waals surface area contributed by atoms with Gasteiger partial charge in [-0.2, -0.15) is 0 Å². The van der Waals surface area contributed by atoms with Gasteiger partial charge in [-0.3, -0.25) is 38.4 Å². The molecule has 11 N–H and O–H groups in total. The summed E-state index contributed by atoms with van der Waals surface area (Å²) >= 11 is 5.43. The molecule has 6 atom stereocenters. The Hall–Kier alpha value is -10.5. The molecule has 0 radical (unpaired) electrons. The number of amides is 8. The number of benzene rings is 3. The van der Waals surface area contributed by atoms with Gasteiger partial charge >= 0.3 is 35.5 Å². The van der Waals surface area contributed by atoms with Gasteiger partial charge in [0.2, 0.25) is 17.6 Å². The van der Waals surface area contributed by atoms with Crippen molar-refractivity contribution in [3.63, 3.8) is 0 Å². The monoisotopic (exact) mass is 1700 g/mol. The molecule has 6 saturated heterocycles. The normalized spacial score (nSPS) is 20.2. The first-order chi connectivity index (χ1) is 56.6. The van der Waals surface area contributed by atoms with Crippen molar-refractivity contribution in [3.05, 3.63) is 140 Å². The van der Waals surface area contributed by atoms with Gasteiger partial charge in [-0.15, -0.1) is 46.4 Å². The predicted molar refractivity (Wildman–Crippen MR) is 461 cm³/mol. The second-order valence-electron chi connectivity index (χ2n) is 31.6. The van der Waals surface area contributed by atoms with E-state index < -0.39 is 53.2 Å². The number of anilines is 3. The van der Waals surface area contributed by atoms with Crippen LogP contribution in [0.1, 0.15) is 196 Å². The number of carbonyl (C=O) groups excluding carboxylic acids is 8. The van der Waals surface area contributed by atoms with E-state index >= 15 is 0 Å². The number of aromatic nitrogens is 6. The minimum Gasteiger partial charge on any atom is -0.480 e. The van der Waals surface area contributed by atoms with Crippen molar-refractivity contribution in [1.82, 2.24) is 59.7 Å². The van der Waals surface area contributed by atoms with Crippen LogP contribution in [0.15, 0.2) is 91.4 Å². The number of carbonyl (C=O) groups is 9. The smallest absolute Gasteiger partial charge is 0.394 e. The third-order valence-corrected chi connectivity index (χ3v) is 26.4. The fraction of sp³-hybridized carbons (Fsp3) is 0.464. The number of carboxylic acids is 1. The minimum atomic E-state index is -1.65. The Balaban J connectivity index is 0.000000163. The van der Waals surface area contributed by atoms with Gasteiger partial charge in [0.25, 0.3) is 17.7 Å². The highest BCUT2D eigenvalue weighted by atomic mass is 35.5. The number of nitrogens with two attached hydrogens (primary N) is 3. The number of nitrogens with zero attached hydrogens (tertiary/aromatic N) is 11. The molecular weight excluding hydrogens is 1600 g/mol. The van der Waals surface area contributed by atoms with Gasteiger partial charge in [-0.25, -0.2) is 34.7 Å². The van der Waals surface area contributed by atoms with Crippen molar-refractivity contribution >= 4 is 147 Å². The highest BCUT2D eigenvalue weighted by Crippen LogP contribution is 2.42. The highest BCUT2D eigenvalue weighted by molar-refractivity contribution is 7.19. The van der Waals surface area contributed by atoms with E-state index in [2.05, 4.69) is 142 Å². The Kier molecular flexibility index (Phi) is 30.4. The van der Waals surface area contributed by atoms with Gasteiger partial charge in [-0.1, -0.05) is 39.0 Å². The van der Waals surface area contributed by atoms with Gasteiger partial charge < -0.3 is 82.3 Å². The van der Waals surface area contributed by atoms with Crippen LogP contribution in [0.3, 0.4) is 0 Å². The number of pyridine rings is 3. The number of halogens is 1. The molecule has 6 fully saturated rings. The molecule has 35 heteroatoms. The zero-order valence-corrected chi connectivity index (χ0v) is 71.6. The average molecular weight is 1710 g/mol. The summed E-state index contributed by atoms with van der Waals surface area (Å²) in [5.41, 5.74) is 22.7. The number of thiazole rings is 3. The van der Waals surface area contributed by atoms with E-state index in [1.807, 2.05) is 16.7 Å². The molecule has 9 aromatic rings. The summed E-state index contributed by atoms with van der Waals surface area (Å²) in [6.45, 7) is 15.3. The molecule has 2 unspecified atom stereocenters. The summed E-state index contributed by atoms with van der Waals surface area (Å²) < 4.78 is 18.5. The maximum absolute atomic E-state index is 13.4. The quantitative estimate of drug-likeness (QED) is 0.0442.